The number of rotatable bonds is 9. The van der Waals surface area contributed by atoms with E-state index in [2.05, 4.69) is 31.2 Å². The molecule has 0 saturated carbocycles. The van der Waals surface area contributed by atoms with Crippen molar-refractivity contribution in [1.29, 1.82) is 0 Å². The van der Waals surface area contributed by atoms with Crippen LogP contribution >= 0.6 is 0 Å². The smallest absolute Gasteiger partial charge is 0.326 e. The number of H-pyrrole nitrogens is 1. The number of aromatic nitrogens is 2. The average molecular weight is 430 g/mol. The number of hydrogen-bond donors (Lipinski definition) is 8. The van der Waals surface area contributed by atoms with E-state index in [0.29, 0.717) is 43.1 Å². The van der Waals surface area contributed by atoms with E-state index >= 15 is 0 Å². The van der Waals surface area contributed by atoms with Crippen LogP contribution in [0.25, 0.3) is 0 Å². The number of carboxylic acids is 1. The van der Waals surface area contributed by atoms with Gasteiger partial charge >= 0.3 is 5.97 Å². The summed E-state index contributed by atoms with van der Waals surface area (Å²) in [6.07, 6.45) is 0.775. The quantitative estimate of drug-likeness (QED) is 0.258. The molecule has 1 aliphatic heterocycles. The van der Waals surface area contributed by atoms with Gasteiger partial charge in [0.1, 0.15) is 11.7 Å². The molecule has 0 saturated heterocycles. The molecule has 31 heavy (non-hydrogen) atoms. The summed E-state index contributed by atoms with van der Waals surface area (Å²) in [4.78, 5) is 42.1. The number of nitrogens with two attached hydrogens (primary N) is 2. The zero-order valence-electron chi connectivity index (χ0n) is 16.8. The van der Waals surface area contributed by atoms with Crippen molar-refractivity contribution in [1.82, 2.24) is 15.3 Å². The highest BCUT2D eigenvalue weighted by Gasteiger charge is 2.22. The van der Waals surface area contributed by atoms with Crippen LogP contribution in [0.2, 0.25) is 0 Å². The van der Waals surface area contributed by atoms with E-state index in [9.17, 15) is 19.5 Å². The second kappa shape index (κ2) is 9.80. The highest BCUT2D eigenvalue weighted by Crippen LogP contribution is 2.20. The van der Waals surface area contributed by atoms with E-state index in [1.54, 1.807) is 24.3 Å². The standard InChI is InChI=1S/C19H26N8O4/c20-7-1-2-13(18(30)31)25-16(28)10-3-5-11(6-4-10)22-8-12-9-23-15-14(24-12)17(29)27-19(21)26-15/h3-6,12-13,22,24H,1-2,7-9,20H2,(H,25,28)(H,30,31)(H4,21,23,26,27,29). The van der Waals surface area contributed by atoms with Crippen LogP contribution in [-0.4, -0.2) is 58.7 Å². The molecule has 1 amide bonds. The number of carbonyl (C=O) groups excluding carboxylic acids is 1. The summed E-state index contributed by atoms with van der Waals surface area (Å²) in [5.74, 6) is -1.09. The molecule has 12 heteroatoms. The molecule has 0 radical (unpaired) electrons. The Bertz CT molecular complexity index is 991. The van der Waals surface area contributed by atoms with Crippen molar-refractivity contribution >= 4 is 35.0 Å². The lowest BCUT2D eigenvalue weighted by Crippen LogP contribution is -2.41. The third kappa shape index (κ3) is 5.63. The Balaban J connectivity index is 1.54. The summed E-state index contributed by atoms with van der Waals surface area (Å²) in [5.41, 5.74) is 12.1. The van der Waals surface area contributed by atoms with Crippen LogP contribution in [0.3, 0.4) is 0 Å². The molecule has 10 N–H and O–H groups in total. The molecule has 0 bridgehead atoms. The molecular weight excluding hydrogens is 404 g/mol. The topological polar surface area (TPSA) is 200 Å². The molecule has 1 aromatic carbocycles. The number of nitrogens with zero attached hydrogens (tertiary/aromatic N) is 1. The second-order valence-corrected chi connectivity index (χ2v) is 7.15. The maximum Gasteiger partial charge on any atom is 0.326 e. The van der Waals surface area contributed by atoms with Gasteiger partial charge in [-0.3, -0.25) is 14.6 Å². The number of benzene rings is 1. The van der Waals surface area contributed by atoms with Crippen LogP contribution in [0.1, 0.15) is 23.2 Å². The molecule has 0 aliphatic carbocycles. The van der Waals surface area contributed by atoms with Crippen molar-refractivity contribution in [2.45, 2.75) is 24.9 Å². The SMILES string of the molecule is NCCCC(NC(=O)c1ccc(NCC2CNc3nc(N)[nH]c(=O)c3N2)cc1)C(=O)O. The van der Waals surface area contributed by atoms with Gasteiger partial charge in [0.05, 0.1) is 6.04 Å². The van der Waals surface area contributed by atoms with Crippen LogP contribution in [0.5, 0.6) is 0 Å². The van der Waals surface area contributed by atoms with Crippen LogP contribution in [-0.2, 0) is 4.79 Å². The van der Waals surface area contributed by atoms with E-state index < -0.39 is 17.9 Å². The predicted octanol–water partition coefficient (Wildman–Crippen LogP) is -0.408. The normalized spacial score (nSPS) is 15.7. The van der Waals surface area contributed by atoms with Gasteiger partial charge in [-0.25, -0.2) is 4.79 Å². The van der Waals surface area contributed by atoms with E-state index in [1.165, 1.54) is 0 Å². The summed E-state index contributed by atoms with van der Waals surface area (Å²) in [6.45, 7) is 1.40. The number of nitrogens with one attached hydrogen (secondary N) is 5. The molecule has 2 atom stereocenters. The van der Waals surface area contributed by atoms with Crippen molar-refractivity contribution in [2.75, 3.05) is 41.3 Å². The van der Waals surface area contributed by atoms with Crippen molar-refractivity contribution in [3.8, 4) is 0 Å². The molecule has 2 aromatic rings. The van der Waals surface area contributed by atoms with Gasteiger partial charge in [0.2, 0.25) is 5.95 Å². The van der Waals surface area contributed by atoms with Crippen molar-refractivity contribution < 1.29 is 14.7 Å². The molecule has 2 unspecified atom stereocenters. The lowest BCUT2D eigenvalue weighted by Gasteiger charge is -2.27. The Hall–Kier alpha value is -3.80. The Morgan fingerprint density at radius 3 is 2.71 bits per heavy atom. The first-order valence-corrected chi connectivity index (χ1v) is 9.85. The fraction of sp³-hybridized carbons (Fsp3) is 0.368. The first kappa shape index (κ1) is 21.9. The number of carbonyl (C=O) groups is 2. The lowest BCUT2D eigenvalue weighted by atomic mass is 10.1. The first-order chi connectivity index (χ1) is 14.9. The monoisotopic (exact) mass is 430 g/mol. The first-order valence-electron chi connectivity index (χ1n) is 9.85. The molecule has 12 nitrogen and oxygen atoms in total. The third-order valence-electron chi connectivity index (χ3n) is 4.80. The van der Waals surface area contributed by atoms with Crippen LogP contribution in [0.4, 0.5) is 23.1 Å². The summed E-state index contributed by atoms with van der Waals surface area (Å²) in [5, 5.41) is 21.2. The lowest BCUT2D eigenvalue weighted by molar-refractivity contribution is -0.139. The van der Waals surface area contributed by atoms with Gasteiger partial charge < -0.3 is 37.8 Å². The number of hydrogen-bond acceptors (Lipinski definition) is 9. The Labute approximate surface area is 177 Å². The summed E-state index contributed by atoms with van der Waals surface area (Å²) < 4.78 is 0. The highest BCUT2D eigenvalue weighted by atomic mass is 16.4. The Morgan fingerprint density at radius 2 is 2.03 bits per heavy atom. The molecule has 0 fully saturated rings. The van der Waals surface area contributed by atoms with Crippen LogP contribution < -0.4 is 38.3 Å². The fourth-order valence-electron chi connectivity index (χ4n) is 3.15. The highest BCUT2D eigenvalue weighted by molar-refractivity contribution is 5.96. The third-order valence-corrected chi connectivity index (χ3v) is 4.80. The van der Waals surface area contributed by atoms with Gasteiger partial charge in [-0.15, -0.1) is 0 Å². The molecule has 3 rings (SSSR count). The van der Waals surface area contributed by atoms with Crippen molar-refractivity contribution in [3.63, 3.8) is 0 Å². The van der Waals surface area contributed by atoms with E-state index in [-0.39, 0.29) is 24.0 Å². The zero-order chi connectivity index (χ0) is 22.4. The molecule has 166 valence electrons. The van der Waals surface area contributed by atoms with E-state index in [0.717, 1.165) is 5.69 Å². The van der Waals surface area contributed by atoms with Gasteiger partial charge in [-0.05, 0) is 43.7 Å². The number of fused-ring (bicyclic) bond motifs is 1. The molecular formula is C19H26N8O4. The van der Waals surface area contributed by atoms with Gasteiger partial charge in [-0.2, -0.15) is 4.98 Å². The minimum Gasteiger partial charge on any atom is -0.480 e. The van der Waals surface area contributed by atoms with Crippen molar-refractivity contribution in [3.05, 3.63) is 40.2 Å². The minimum atomic E-state index is -1.09. The minimum absolute atomic E-state index is 0.0489. The molecule has 1 aliphatic rings. The fourth-order valence-corrected chi connectivity index (χ4v) is 3.15. The number of aliphatic carboxylic acids is 1. The molecule has 2 heterocycles. The van der Waals surface area contributed by atoms with Gasteiger partial charge in [-0.1, -0.05) is 0 Å². The van der Waals surface area contributed by atoms with Crippen LogP contribution in [0.15, 0.2) is 29.1 Å². The number of carboxylic acid groups (broad SMARTS) is 1. The predicted molar refractivity (Wildman–Crippen MR) is 117 cm³/mol. The maximum absolute atomic E-state index is 12.3. The number of nitrogen functional groups attached to an aromatic ring is 1. The van der Waals surface area contributed by atoms with Gasteiger partial charge in [0, 0.05) is 24.3 Å². The average Bonchev–Trinajstić information content (AvgIpc) is 2.75. The summed E-state index contributed by atoms with van der Waals surface area (Å²) in [6, 6.07) is 5.61. The number of amides is 1. The summed E-state index contributed by atoms with van der Waals surface area (Å²) in [7, 11) is 0. The van der Waals surface area contributed by atoms with E-state index in [4.69, 9.17) is 11.5 Å². The zero-order valence-corrected chi connectivity index (χ0v) is 16.8. The van der Waals surface area contributed by atoms with E-state index in [1.807, 2.05) is 0 Å². The van der Waals surface area contributed by atoms with Gasteiger partial charge in [0.25, 0.3) is 11.5 Å². The van der Waals surface area contributed by atoms with Crippen LogP contribution in [0, 0.1) is 0 Å². The number of aromatic amines is 1. The second-order valence-electron chi connectivity index (χ2n) is 7.15. The Morgan fingerprint density at radius 1 is 1.29 bits per heavy atom. The maximum atomic E-state index is 12.3. The number of anilines is 4. The molecule has 0 spiro atoms. The van der Waals surface area contributed by atoms with Gasteiger partial charge in [0.15, 0.2) is 5.82 Å². The Kier molecular flexibility index (Phi) is 6.92. The summed E-state index contributed by atoms with van der Waals surface area (Å²) >= 11 is 0. The largest absolute Gasteiger partial charge is 0.480 e. The van der Waals surface area contributed by atoms with Crippen molar-refractivity contribution in [2.24, 2.45) is 5.73 Å². The molecule has 1 aromatic heterocycles.